The van der Waals surface area contributed by atoms with Crippen molar-refractivity contribution in [2.24, 2.45) is 0 Å². The van der Waals surface area contributed by atoms with Crippen molar-refractivity contribution in [1.29, 1.82) is 0 Å². The van der Waals surface area contributed by atoms with Crippen LogP contribution >= 0.6 is 0 Å². The molecule has 0 saturated heterocycles. The van der Waals surface area contributed by atoms with Crippen LogP contribution in [-0.2, 0) is 10.8 Å². The van der Waals surface area contributed by atoms with E-state index in [0.717, 1.165) is 5.56 Å². The van der Waals surface area contributed by atoms with Crippen LogP contribution in [0.1, 0.15) is 15.9 Å². The number of aldehydes is 1. The Hall–Kier alpha value is -1.81. The van der Waals surface area contributed by atoms with E-state index in [9.17, 15) is 9.00 Å². The van der Waals surface area contributed by atoms with Crippen LogP contribution in [0.4, 0.5) is 0 Å². The number of aryl methyl sites for hydroxylation is 1. The Labute approximate surface area is 102 Å². The Morgan fingerprint density at radius 2 is 1.88 bits per heavy atom. The Balaban J connectivity index is 2.43. The lowest BCUT2D eigenvalue weighted by atomic mass is 10.2. The summed E-state index contributed by atoms with van der Waals surface area (Å²) in [7, 11) is -1.41. The highest BCUT2D eigenvalue weighted by Crippen LogP contribution is 2.17. The molecule has 0 spiro atoms. The van der Waals surface area contributed by atoms with Crippen LogP contribution in [0.5, 0.6) is 0 Å². The van der Waals surface area contributed by atoms with Gasteiger partial charge >= 0.3 is 0 Å². The third-order valence-electron chi connectivity index (χ3n) is 2.34. The van der Waals surface area contributed by atoms with Gasteiger partial charge in [-0.3, -0.25) is 4.79 Å². The molecule has 0 saturated carbocycles. The smallest absolute Gasteiger partial charge is 0.152 e. The summed E-state index contributed by atoms with van der Waals surface area (Å²) in [6.07, 6.45) is 2.21. The average Bonchev–Trinajstić information content (AvgIpc) is 2.39. The topological polar surface area (TPSA) is 47.0 Å². The lowest BCUT2D eigenvalue weighted by Crippen LogP contribution is -2.00. The zero-order chi connectivity index (χ0) is 12.3. The summed E-state index contributed by atoms with van der Waals surface area (Å²) >= 11 is 0. The fourth-order valence-electron chi connectivity index (χ4n) is 1.42. The van der Waals surface area contributed by atoms with E-state index >= 15 is 0 Å². The zero-order valence-corrected chi connectivity index (χ0v) is 10.1. The number of aromatic nitrogens is 1. The van der Waals surface area contributed by atoms with Gasteiger partial charge < -0.3 is 0 Å². The van der Waals surface area contributed by atoms with Gasteiger partial charge in [-0.05, 0) is 31.2 Å². The zero-order valence-electron chi connectivity index (χ0n) is 9.29. The molecule has 2 rings (SSSR count). The number of benzene rings is 1. The number of carbonyl (C=O) groups excluding carboxylic acids is 1. The number of carbonyl (C=O) groups is 1. The van der Waals surface area contributed by atoms with Gasteiger partial charge in [0.2, 0.25) is 0 Å². The molecular weight excluding hydrogens is 234 g/mol. The van der Waals surface area contributed by atoms with Gasteiger partial charge in [-0.15, -0.1) is 0 Å². The molecule has 0 fully saturated rings. The predicted octanol–water partition coefficient (Wildman–Crippen LogP) is 2.37. The van der Waals surface area contributed by atoms with Crippen LogP contribution in [0, 0.1) is 6.92 Å². The van der Waals surface area contributed by atoms with Gasteiger partial charge in [-0.25, -0.2) is 9.19 Å². The molecule has 1 unspecified atom stereocenters. The van der Waals surface area contributed by atoms with Gasteiger partial charge in [-0.2, -0.15) is 0 Å². The second kappa shape index (κ2) is 5.01. The monoisotopic (exact) mass is 245 g/mol. The van der Waals surface area contributed by atoms with Gasteiger partial charge in [0.05, 0.1) is 0 Å². The molecule has 1 heterocycles. The minimum absolute atomic E-state index is 0.311. The van der Waals surface area contributed by atoms with Gasteiger partial charge in [-0.1, -0.05) is 17.7 Å². The maximum absolute atomic E-state index is 12.2. The van der Waals surface area contributed by atoms with Crippen LogP contribution in [0.15, 0.2) is 52.5 Å². The molecule has 0 aliphatic rings. The van der Waals surface area contributed by atoms with Gasteiger partial charge in [0.15, 0.2) is 6.29 Å². The first kappa shape index (κ1) is 11.7. The van der Waals surface area contributed by atoms with Crippen molar-refractivity contribution < 1.29 is 9.00 Å². The van der Waals surface area contributed by atoms with Gasteiger partial charge in [0.25, 0.3) is 0 Å². The van der Waals surface area contributed by atoms with Crippen molar-refractivity contribution in [2.45, 2.75) is 16.8 Å². The molecule has 0 aliphatic carbocycles. The second-order valence-electron chi connectivity index (χ2n) is 3.60. The van der Waals surface area contributed by atoms with Crippen molar-refractivity contribution in [3.05, 3.63) is 53.7 Å². The highest BCUT2D eigenvalue weighted by Gasteiger charge is 2.12. The average molecular weight is 245 g/mol. The molecule has 2 aromatic rings. The van der Waals surface area contributed by atoms with E-state index in [4.69, 9.17) is 0 Å². The number of pyridine rings is 1. The maximum Gasteiger partial charge on any atom is 0.152 e. The second-order valence-corrected chi connectivity index (χ2v) is 4.99. The highest BCUT2D eigenvalue weighted by atomic mass is 32.2. The van der Waals surface area contributed by atoms with E-state index in [0.29, 0.717) is 21.8 Å². The molecule has 0 bridgehead atoms. The van der Waals surface area contributed by atoms with E-state index in [1.54, 1.807) is 24.3 Å². The number of rotatable bonds is 3. The largest absolute Gasteiger partial charge is 0.298 e. The van der Waals surface area contributed by atoms with Crippen LogP contribution in [0.25, 0.3) is 0 Å². The quantitative estimate of drug-likeness (QED) is 0.780. The van der Waals surface area contributed by atoms with Gasteiger partial charge in [0.1, 0.15) is 15.8 Å². The fourth-order valence-corrected chi connectivity index (χ4v) is 2.51. The van der Waals surface area contributed by atoms with E-state index in [2.05, 4.69) is 4.98 Å². The molecule has 17 heavy (non-hydrogen) atoms. The summed E-state index contributed by atoms with van der Waals surface area (Å²) in [5.41, 5.74) is 1.47. The molecule has 86 valence electrons. The van der Waals surface area contributed by atoms with Crippen molar-refractivity contribution in [3.63, 3.8) is 0 Å². The van der Waals surface area contributed by atoms with E-state index in [1.165, 1.54) is 6.20 Å². The maximum atomic E-state index is 12.2. The fraction of sp³-hybridized carbons (Fsp3) is 0.0769. The molecular formula is C13H11NO2S. The summed E-state index contributed by atoms with van der Waals surface area (Å²) in [6, 6.07) is 10.6. The molecule has 3 nitrogen and oxygen atoms in total. The van der Waals surface area contributed by atoms with Crippen LogP contribution < -0.4 is 0 Å². The summed E-state index contributed by atoms with van der Waals surface area (Å²) < 4.78 is 12.2. The highest BCUT2D eigenvalue weighted by molar-refractivity contribution is 7.85. The van der Waals surface area contributed by atoms with E-state index in [-0.39, 0.29) is 0 Å². The molecule has 1 aromatic carbocycles. The number of hydrogen-bond donors (Lipinski definition) is 0. The Kier molecular flexibility index (Phi) is 3.44. The SMILES string of the molecule is Cc1ccc(S(=O)c2ncccc2C=O)cc1. The Morgan fingerprint density at radius 1 is 1.18 bits per heavy atom. The molecule has 4 heteroatoms. The van der Waals surface area contributed by atoms with Crippen LogP contribution in [-0.4, -0.2) is 15.5 Å². The van der Waals surface area contributed by atoms with Crippen molar-refractivity contribution in [2.75, 3.05) is 0 Å². The molecule has 0 aliphatic heterocycles. The standard InChI is InChI=1S/C13H11NO2S/c1-10-4-6-12(7-5-10)17(16)13-11(9-15)3-2-8-14-13/h2-9H,1H3. The van der Waals surface area contributed by atoms with Crippen LogP contribution in [0.2, 0.25) is 0 Å². The molecule has 1 atom stereocenters. The lowest BCUT2D eigenvalue weighted by Gasteiger charge is -2.03. The van der Waals surface area contributed by atoms with Crippen molar-refractivity contribution in [1.82, 2.24) is 4.98 Å². The van der Waals surface area contributed by atoms with E-state index in [1.807, 2.05) is 19.1 Å². The molecule has 0 radical (unpaired) electrons. The first-order valence-corrected chi connectivity index (χ1v) is 6.26. The third kappa shape index (κ3) is 2.47. The van der Waals surface area contributed by atoms with Crippen LogP contribution in [0.3, 0.4) is 0 Å². The van der Waals surface area contributed by atoms with Crippen molar-refractivity contribution in [3.8, 4) is 0 Å². The summed E-state index contributed by atoms with van der Waals surface area (Å²) in [5, 5.41) is 0.311. The first-order valence-electron chi connectivity index (χ1n) is 5.11. The molecule has 0 amide bonds. The van der Waals surface area contributed by atoms with Crippen molar-refractivity contribution >= 4 is 17.1 Å². The summed E-state index contributed by atoms with van der Waals surface area (Å²) in [5.74, 6) is 0. The Bertz CT molecular complexity index is 564. The minimum Gasteiger partial charge on any atom is -0.298 e. The molecule has 1 aromatic heterocycles. The summed E-state index contributed by atoms with van der Waals surface area (Å²) in [4.78, 5) is 15.5. The predicted molar refractivity (Wildman–Crippen MR) is 65.5 cm³/mol. The normalized spacial score (nSPS) is 12.1. The summed E-state index contributed by atoms with van der Waals surface area (Å²) in [6.45, 7) is 1.96. The molecule has 0 N–H and O–H groups in total. The van der Waals surface area contributed by atoms with E-state index < -0.39 is 10.8 Å². The first-order chi connectivity index (χ1) is 8.22. The number of hydrogen-bond acceptors (Lipinski definition) is 3. The lowest BCUT2D eigenvalue weighted by molar-refractivity contribution is 0.112. The van der Waals surface area contributed by atoms with Gasteiger partial charge in [0, 0.05) is 16.7 Å². The number of nitrogens with zero attached hydrogens (tertiary/aromatic N) is 1. The minimum atomic E-state index is -1.41. The third-order valence-corrected chi connectivity index (χ3v) is 3.73. The Morgan fingerprint density at radius 3 is 2.53 bits per heavy atom.